The molecule has 0 N–H and O–H groups in total. The molecule has 3 rings (SSSR count). The largest absolute Gasteiger partial charge is 0.248 e. The summed E-state index contributed by atoms with van der Waals surface area (Å²) in [5.41, 5.74) is 6.28. The minimum absolute atomic E-state index is 0. The first-order valence-electron chi connectivity index (χ1n) is 9.77. The summed E-state index contributed by atoms with van der Waals surface area (Å²) in [6.45, 7) is 11.0. The minimum Gasteiger partial charge on any atom is -0.248 e. The Morgan fingerprint density at radius 1 is 0.719 bits per heavy atom. The third-order valence-corrected chi connectivity index (χ3v) is 4.85. The van der Waals surface area contributed by atoms with Crippen LogP contribution in [0, 0.1) is 39.3 Å². The van der Waals surface area contributed by atoms with E-state index in [2.05, 4.69) is 15.0 Å². The molecule has 1 heterocycles. The molecule has 32 heavy (non-hydrogen) atoms. The smallest absolute Gasteiger partial charge is 0.149 e. The number of aliphatic imine (C=N–C) groups is 2. The molecular weight excluding hydrogens is 472 g/mol. The van der Waals surface area contributed by atoms with Gasteiger partial charge in [-0.15, -0.1) is 12.4 Å². The Morgan fingerprint density at radius 2 is 1.09 bits per heavy atom. The number of pyridine rings is 1. The van der Waals surface area contributed by atoms with Gasteiger partial charge in [0.1, 0.15) is 23.0 Å². The first-order valence-corrected chi connectivity index (χ1v) is 9.77. The van der Waals surface area contributed by atoms with E-state index in [9.17, 15) is 8.78 Å². The molecule has 0 aliphatic carbocycles. The molecule has 0 aliphatic rings. The third kappa shape index (κ3) is 6.32. The number of halogens is 3. The van der Waals surface area contributed by atoms with Crippen LogP contribution in [0.3, 0.4) is 0 Å². The molecule has 3 nitrogen and oxygen atoms in total. The van der Waals surface area contributed by atoms with Crippen LogP contribution in [-0.4, -0.2) is 16.4 Å². The predicted octanol–water partition coefficient (Wildman–Crippen LogP) is 7.29. The van der Waals surface area contributed by atoms with Gasteiger partial charge in [-0.2, -0.15) is 0 Å². The Bertz CT molecular complexity index is 1050. The van der Waals surface area contributed by atoms with E-state index in [0.717, 1.165) is 22.3 Å². The van der Waals surface area contributed by atoms with Gasteiger partial charge in [0.15, 0.2) is 0 Å². The SMILES string of the molecule is C/C(=N\c1c(C)cc(C)cc1F)c1cccc(/C(C)=N/c2c(C)cc(C)cc2F)n1.Cl.[Fe]. The molecule has 170 valence electrons. The number of rotatable bonds is 4. The number of hydrogen-bond donors (Lipinski definition) is 0. The molecule has 0 spiro atoms. The number of hydrogen-bond acceptors (Lipinski definition) is 3. The third-order valence-electron chi connectivity index (χ3n) is 4.85. The standard InChI is InChI=1S/C25H25F2N3.ClH.Fe/c1-14-10-16(3)24(20(26)12-14)28-18(5)22-8-7-9-23(30-22)19(6)29-25-17(4)11-15(2)13-21(25)27;;/h7-13H,1-6H3;1H;/b28-18+,29-19+;;. The first-order chi connectivity index (χ1) is 14.2. The van der Waals surface area contributed by atoms with Gasteiger partial charge in [0.2, 0.25) is 0 Å². The number of nitrogens with zero attached hydrogens (tertiary/aromatic N) is 3. The molecule has 0 saturated heterocycles. The van der Waals surface area contributed by atoms with Crippen LogP contribution in [0.1, 0.15) is 47.5 Å². The molecule has 0 fully saturated rings. The van der Waals surface area contributed by atoms with Crippen molar-refractivity contribution in [2.24, 2.45) is 9.98 Å². The van der Waals surface area contributed by atoms with Crippen molar-refractivity contribution >= 4 is 35.2 Å². The van der Waals surface area contributed by atoms with Crippen molar-refractivity contribution in [3.05, 3.63) is 87.7 Å². The molecule has 0 radical (unpaired) electrons. The van der Waals surface area contributed by atoms with Crippen molar-refractivity contribution in [3.8, 4) is 0 Å². The summed E-state index contributed by atoms with van der Waals surface area (Å²) in [5, 5.41) is 0. The molecule has 0 atom stereocenters. The quantitative estimate of drug-likeness (QED) is 0.275. The molecule has 0 aliphatic heterocycles. The van der Waals surface area contributed by atoms with E-state index in [-0.39, 0.29) is 41.1 Å². The van der Waals surface area contributed by atoms with Gasteiger partial charge in [-0.05, 0) is 88.1 Å². The van der Waals surface area contributed by atoms with Gasteiger partial charge in [0, 0.05) is 17.1 Å². The fraction of sp³-hybridized carbons (Fsp3) is 0.240. The Labute approximate surface area is 205 Å². The van der Waals surface area contributed by atoms with E-state index in [1.807, 2.05) is 58.0 Å². The maximum absolute atomic E-state index is 14.4. The topological polar surface area (TPSA) is 37.6 Å². The average Bonchev–Trinajstić information content (AvgIpc) is 2.67. The molecule has 2 aromatic carbocycles. The van der Waals surface area contributed by atoms with Gasteiger partial charge in [0.25, 0.3) is 0 Å². The summed E-state index contributed by atoms with van der Waals surface area (Å²) in [7, 11) is 0. The Morgan fingerprint density at radius 3 is 1.44 bits per heavy atom. The Kier molecular flexibility index (Phi) is 9.90. The number of benzene rings is 2. The van der Waals surface area contributed by atoms with Crippen LogP contribution in [0.5, 0.6) is 0 Å². The number of aryl methyl sites for hydroxylation is 4. The summed E-state index contributed by atoms with van der Waals surface area (Å²) in [6, 6.07) is 12.2. The Balaban J connectivity index is 0.00000256. The fourth-order valence-corrected chi connectivity index (χ4v) is 3.39. The van der Waals surface area contributed by atoms with E-state index in [4.69, 9.17) is 0 Å². The van der Waals surface area contributed by atoms with Crippen LogP contribution in [0.25, 0.3) is 0 Å². The van der Waals surface area contributed by atoms with Crippen molar-refractivity contribution < 1.29 is 25.8 Å². The zero-order chi connectivity index (χ0) is 22.0. The van der Waals surface area contributed by atoms with Gasteiger partial charge in [-0.25, -0.2) is 23.7 Å². The summed E-state index contributed by atoms with van der Waals surface area (Å²) in [5.74, 6) is -0.711. The molecule has 0 bridgehead atoms. The second-order valence-electron chi connectivity index (χ2n) is 7.63. The zero-order valence-corrected chi connectivity index (χ0v) is 20.8. The fourth-order valence-electron chi connectivity index (χ4n) is 3.39. The van der Waals surface area contributed by atoms with Gasteiger partial charge >= 0.3 is 0 Å². The monoisotopic (exact) mass is 497 g/mol. The number of aromatic nitrogens is 1. The summed E-state index contributed by atoms with van der Waals surface area (Å²) >= 11 is 0. The van der Waals surface area contributed by atoms with E-state index in [1.165, 1.54) is 12.1 Å². The maximum Gasteiger partial charge on any atom is 0.149 e. The normalized spacial score (nSPS) is 11.6. The van der Waals surface area contributed by atoms with Crippen LogP contribution in [0.15, 0.2) is 52.4 Å². The van der Waals surface area contributed by atoms with Crippen LogP contribution in [0.4, 0.5) is 20.2 Å². The maximum atomic E-state index is 14.4. The van der Waals surface area contributed by atoms with Crippen molar-refractivity contribution in [1.29, 1.82) is 0 Å². The van der Waals surface area contributed by atoms with E-state index in [1.54, 1.807) is 13.8 Å². The summed E-state index contributed by atoms with van der Waals surface area (Å²) in [4.78, 5) is 13.6. The Hall–Kier alpha value is -2.40. The van der Waals surface area contributed by atoms with Crippen molar-refractivity contribution in [2.75, 3.05) is 0 Å². The van der Waals surface area contributed by atoms with Gasteiger partial charge < -0.3 is 0 Å². The molecule has 1 aromatic heterocycles. The second-order valence-corrected chi connectivity index (χ2v) is 7.63. The summed E-state index contributed by atoms with van der Waals surface area (Å²) < 4.78 is 28.7. The minimum atomic E-state index is -0.355. The van der Waals surface area contributed by atoms with Crippen LogP contribution in [-0.2, 0) is 17.1 Å². The van der Waals surface area contributed by atoms with E-state index < -0.39 is 0 Å². The molecule has 0 amide bonds. The van der Waals surface area contributed by atoms with Gasteiger partial charge in [0.05, 0.1) is 22.8 Å². The predicted molar refractivity (Wildman–Crippen MR) is 127 cm³/mol. The van der Waals surface area contributed by atoms with Crippen LogP contribution >= 0.6 is 12.4 Å². The van der Waals surface area contributed by atoms with Crippen LogP contribution < -0.4 is 0 Å². The van der Waals surface area contributed by atoms with Crippen LogP contribution in [0.2, 0.25) is 0 Å². The van der Waals surface area contributed by atoms with Crippen molar-refractivity contribution in [1.82, 2.24) is 4.98 Å². The molecule has 0 unspecified atom stereocenters. The van der Waals surface area contributed by atoms with E-state index >= 15 is 0 Å². The van der Waals surface area contributed by atoms with Gasteiger partial charge in [-0.1, -0.05) is 18.2 Å². The molecule has 0 saturated carbocycles. The molecule has 7 heteroatoms. The summed E-state index contributed by atoms with van der Waals surface area (Å²) in [6.07, 6.45) is 0. The second kappa shape index (κ2) is 11.5. The zero-order valence-electron chi connectivity index (χ0n) is 18.9. The first kappa shape index (κ1) is 27.6. The van der Waals surface area contributed by atoms with Crippen molar-refractivity contribution in [3.63, 3.8) is 0 Å². The van der Waals surface area contributed by atoms with E-state index in [0.29, 0.717) is 34.2 Å². The van der Waals surface area contributed by atoms with Crippen molar-refractivity contribution in [2.45, 2.75) is 41.5 Å². The molecule has 3 aromatic rings. The average molecular weight is 498 g/mol. The molecular formula is C25H26ClF2FeN3. The van der Waals surface area contributed by atoms with Gasteiger partial charge in [-0.3, -0.25) is 0 Å².